The molecule has 0 fully saturated rings. The smallest absolute Gasteiger partial charge is 0.127 e. The molecule has 0 saturated carbocycles. The van der Waals surface area contributed by atoms with Gasteiger partial charge in [-0.25, -0.2) is 4.98 Å². The van der Waals surface area contributed by atoms with Gasteiger partial charge in [-0.2, -0.15) is 0 Å². The van der Waals surface area contributed by atoms with Gasteiger partial charge in [0, 0.05) is 30.5 Å². The second-order valence-corrected chi connectivity index (χ2v) is 5.67. The van der Waals surface area contributed by atoms with E-state index in [0.717, 1.165) is 24.3 Å². The van der Waals surface area contributed by atoms with Gasteiger partial charge in [0.25, 0.3) is 0 Å². The maximum Gasteiger partial charge on any atom is 0.127 e. The molecule has 1 heterocycles. The van der Waals surface area contributed by atoms with Crippen molar-refractivity contribution >= 4 is 11.5 Å². The predicted octanol–water partition coefficient (Wildman–Crippen LogP) is 3.95. The minimum Gasteiger partial charge on any atom is -0.380 e. The van der Waals surface area contributed by atoms with Crippen LogP contribution in [0.3, 0.4) is 0 Å². The van der Waals surface area contributed by atoms with Crippen molar-refractivity contribution in [1.82, 2.24) is 4.98 Å². The quantitative estimate of drug-likeness (QED) is 0.834. The highest BCUT2D eigenvalue weighted by Crippen LogP contribution is 2.21. The summed E-state index contributed by atoms with van der Waals surface area (Å²) in [6.45, 7) is 4.46. The highest BCUT2D eigenvalue weighted by Gasteiger charge is 2.17. The molecule has 0 aliphatic carbocycles. The van der Waals surface area contributed by atoms with Crippen molar-refractivity contribution in [3.05, 3.63) is 54.2 Å². The maximum atomic E-state index is 4.23. The lowest BCUT2D eigenvalue weighted by atomic mass is 9.95. The highest BCUT2D eigenvalue weighted by molar-refractivity contribution is 5.52. The van der Waals surface area contributed by atoms with Crippen molar-refractivity contribution in [2.45, 2.75) is 32.2 Å². The molecule has 0 amide bonds. The van der Waals surface area contributed by atoms with E-state index in [1.165, 1.54) is 5.56 Å². The highest BCUT2D eigenvalue weighted by atomic mass is 15.0. The van der Waals surface area contributed by atoms with Gasteiger partial charge in [-0.3, -0.25) is 0 Å². The van der Waals surface area contributed by atoms with Crippen LogP contribution in [0.5, 0.6) is 0 Å². The molecule has 3 nitrogen and oxygen atoms in total. The lowest BCUT2D eigenvalue weighted by Crippen LogP contribution is -2.31. The molecule has 0 unspecified atom stereocenters. The van der Waals surface area contributed by atoms with E-state index in [1.807, 2.05) is 25.4 Å². The molecule has 0 aliphatic heterocycles. The van der Waals surface area contributed by atoms with Crippen LogP contribution in [0.1, 0.15) is 25.8 Å². The molecule has 1 aromatic heterocycles. The van der Waals surface area contributed by atoms with Crippen LogP contribution in [0, 0.1) is 0 Å². The normalized spacial score (nSPS) is 11.2. The standard InChI is InChI=1S/C17H23N3/c1-17(2,11-9-14-7-5-4-6-8-14)20-15-10-12-19-16(13-15)18-3/h4-8,10,12-13H,9,11H2,1-3H3,(H2,18,19,20). The van der Waals surface area contributed by atoms with Gasteiger partial charge in [-0.05, 0) is 38.3 Å². The average molecular weight is 269 g/mol. The Balaban J connectivity index is 1.96. The van der Waals surface area contributed by atoms with E-state index in [0.29, 0.717) is 0 Å². The fraction of sp³-hybridized carbons (Fsp3) is 0.353. The number of nitrogens with zero attached hydrogens (tertiary/aromatic N) is 1. The molecular weight excluding hydrogens is 246 g/mol. The summed E-state index contributed by atoms with van der Waals surface area (Å²) in [6.07, 6.45) is 3.97. The molecule has 0 radical (unpaired) electrons. The number of nitrogens with one attached hydrogen (secondary N) is 2. The molecule has 0 saturated heterocycles. The van der Waals surface area contributed by atoms with Gasteiger partial charge in [0.2, 0.25) is 0 Å². The summed E-state index contributed by atoms with van der Waals surface area (Å²) in [5.41, 5.74) is 2.53. The fourth-order valence-electron chi connectivity index (χ4n) is 2.20. The number of anilines is 2. The van der Waals surface area contributed by atoms with E-state index >= 15 is 0 Å². The Hall–Kier alpha value is -2.03. The van der Waals surface area contributed by atoms with Crippen molar-refractivity contribution in [2.75, 3.05) is 17.7 Å². The van der Waals surface area contributed by atoms with Gasteiger partial charge in [0.05, 0.1) is 0 Å². The molecule has 1 aromatic carbocycles. The van der Waals surface area contributed by atoms with Crippen LogP contribution in [0.4, 0.5) is 11.5 Å². The number of pyridine rings is 1. The second kappa shape index (κ2) is 6.42. The lowest BCUT2D eigenvalue weighted by molar-refractivity contribution is 0.518. The van der Waals surface area contributed by atoms with Crippen molar-refractivity contribution < 1.29 is 0 Å². The fourth-order valence-corrected chi connectivity index (χ4v) is 2.20. The number of benzene rings is 1. The topological polar surface area (TPSA) is 37.0 Å². The third kappa shape index (κ3) is 4.26. The third-order valence-corrected chi connectivity index (χ3v) is 3.38. The van der Waals surface area contributed by atoms with Crippen molar-refractivity contribution in [1.29, 1.82) is 0 Å². The van der Waals surface area contributed by atoms with E-state index in [9.17, 15) is 0 Å². The SMILES string of the molecule is CNc1cc(NC(C)(C)CCc2ccccc2)ccn1. The molecule has 2 rings (SSSR count). The van der Waals surface area contributed by atoms with Crippen LogP contribution in [-0.2, 0) is 6.42 Å². The Bertz CT molecular complexity index is 535. The minimum atomic E-state index is 0.0439. The Morgan fingerprint density at radius 3 is 2.55 bits per heavy atom. The zero-order valence-corrected chi connectivity index (χ0v) is 12.5. The number of aryl methyl sites for hydroxylation is 1. The van der Waals surface area contributed by atoms with Gasteiger partial charge in [0.15, 0.2) is 0 Å². The molecule has 0 bridgehead atoms. The van der Waals surface area contributed by atoms with Crippen LogP contribution in [0.15, 0.2) is 48.7 Å². The van der Waals surface area contributed by atoms with Crippen molar-refractivity contribution in [3.8, 4) is 0 Å². The molecule has 0 atom stereocenters. The van der Waals surface area contributed by atoms with E-state index in [-0.39, 0.29) is 5.54 Å². The number of hydrogen-bond donors (Lipinski definition) is 2. The van der Waals surface area contributed by atoms with E-state index < -0.39 is 0 Å². The summed E-state index contributed by atoms with van der Waals surface area (Å²) in [6, 6.07) is 14.7. The zero-order chi connectivity index (χ0) is 14.4. The monoisotopic (exact) mass is 269 g/mol. The summed E-state index contributed by atoms with van der Waals surface area (Å²) >= 11 is 0. The molecular formula is C17H23N3. The van der Waals surface area contributed by atoms with Crippen LogP contribution in [0.2, 0.25) is 0 Å². The molecule has 2 aromatic rings. The minimum absolute atomic E-state index is 0.0439. The first-order chi connectivity index (χ1) is 9.59. The first-order valence-corrected chi connectivity index (χ1v) is 7.05. The first kappa shape index (κ1) is 14.4. The third-order valence-electron chi connectivity index (χ3n) is 3.38. The summed E-state index contributed by atoms with van der Waals surface area (Å²) in [5, 5.41) is 6.64. The second-order valence-electron chi connectivity index (χ2n) is 5.67. The molecule has 106 valence electrons. The average Bonchev–Trinajstić information content (AvgIpc) is 2.46. The Kier molecular flexibility index (Phi) is 4.61. The van der Waals surface area contributed by atoms with Gasteiger partial charge < -0.3 is 10.6 Å². The van der Waals surface area contributed by atoms with Gasteiger partial charge >= 0.3 is 0 Å². The zero-order valence-electron chi connectivity index (χ0n) is 12.5. The predicted molar refractivity (Wildman–Crippen MR) is 86.2 cm³/mol. The summed E-state index contributed by atoms with van der Waals surface area (Å²) in [7, 11) is 1.88. The van der Waals surface area contributed by atoms with Gasteiger partial charge in [-0.1, -0.05) is 30.3 Å². The Labute approximate surface area is 121 Å². The molecule has 20 heavy (non-hydrogen) atoms. The summed E-state index contributed by atoms with van der Waals surface area (Å²) < 4.78 is 0. The first-order valence-electron chi connectivity index (χ1n) is 7.05. The Morgan fingerprint density at radius 1 is 1.10 bits per heavy atom. The van der Waals surface area contributed by atoms with Crippen LogP contribution in [0.25, 0.3) is 0 Å². The summed E-state index contributed by atoms with van der Waals surface area (Å²) in [5.74, 6) is 0.883. The largest absolute Gasteiger partial charge is 0.380 e. The molecule has 2 N–H and O–H groups in total. The molecule has 0 spiro atoms. The van der Waals surface area contributed by atoms with E-state index in [2.05, 4.69) is 59.8 Å². The van der Waals surface area contributed by atoms with Crippen molar-refractivity contribution in [2.24, 2.45) is 0 Å². The van der Waals surface area contributed by atoms with Crippen LogP contribution in [-0.4, -0.2) is 17.6 Å². The maximum absolute atomic E-state index is 4.23. The number of hydrogen-bond acceptors (Lipinski definition) is 3. The Morgan fingerprint density at radius 2 is 1.85 bits per heavy atom. The van der Waals surface area contributed by atoms with Crippen molar-refractivity contribution in [3.63, 3.8) is 0 Å². The number of aromatic nitrogens is 1. The van der Waals surface area contributed by atoms with Gasteiger partial charge in [-0.15, -0.1) is 0 Å². The van der Waals surface area contributed by atoms with Gasteiger partial charge in [0.1, 0.15) is 5.82 Å². The number of rotatable bonds is 6. The van der Waals surface area contributed by atoms with E-state index in [1.54, 1.807) is 0 Å². The van der Waals surface area contributed by atoms with Crippen LogP contribution < -0.4 is 10.6 Å². The van der Waals surface area contributed by atoms with E-state index in [4.69, 9.17) is 0 Å². The lowest BCUT2D eigenvalue weighted by Gasteiger charge is -2.28. The molecule has 0 aliphatic rings. The summed E-state index contributed by atoms with van der Waals surface area (Å²) in [4.78, 5) is 4.23. The van der Waals surface area contributed by atoms with Crippen LogP contribution >= 0.6 is 0 Å². The molecule has 3 heteroatoms.